The number of hydrogen-bond donors (Lipinski definition) is 1. The van der Waals surface area contributed by atoms with Gasteiger partial charge in [-0.15, -0.1) is 0 Å². The quantitative estimate of drug-likeness (QED) is 0.309. The second-order valence-electron chi connectivity index (χ2n) is 8.95. The number of para-hydroxylation sites is 3. The molecule has 36 heavy (non-hydrogen) atoms. The lowest BCUT2D eigenvalue weighted by Crippen LogP contribution is -2.44. The summed E-state index contributed by atoms with van der Waals surface area (Å²) in [5, 5.41) is 12.0. The van der Waals surface area contributed by atoms with E-state index in [0.717, 1.165) is 22.0 Å². The Bertz CT molecular complexity index is 1660. The number of ether oxygens (including phenoxy) is 2. The maximum absolute atomic E-state index is 13.4. The Kier molecular flexibility index (Phi) is 5.01. The number of pyridine rings is 2. The van der Waals surface area contributed by atoms with Crippen LogP contribution in [-0.2, 0) is 28.3 Å². The van der Waals surface area contributed by atoms with Gasteiger partial charge in [-0.3, -0.25) is 9.79 Å². The summed E-state index contributed by atoms with van der Waals surface area (Å²) in [7, 11) is 1.61. The van der Waals surface area contributed by atoms with Gasteiger partial charge in [0.25, 0.3) is 5.56 Å². The van der Waals surface area contributed by atoms with E-state index in [1.807, 2.05) is 48.5 Å². The summed E-state index contributed by atoms with van der Waals surface area (Å²) in [5.74, 6) is -0.0655. The largest absolute Gasteiger partial charge is 0.494 e. The first-order valence-electron chi connectivity index (χ1n) is 11.7. The maximum Gasteiger partial charge on any atom is 0.343 e. The van der Waals surface area contributed by atoms with Gasteiger partial charge in [0, 0.05) is 28.3 Å². The molecule has 0 unspecified atom stereocenters. The summed E-state index contributed by atoms with van der Waals surface area (Å²) in [6, 6.07) is 17.1. The standard InChI is InChI=1S/C28H23N3O5/c1-3-28(34)20-12-22-25-18(14-31(22)26(32)19(20)15-36-27(28)33)11-16-7-6-8-17(24(16)30-25)13-29-21-9-4-5-10-23(21)35-2/h4-13,34H,3,14-15H2,1-2H3/t28-/m0/s1. The van der Waals surface area contributed by atoms with E-state index >= 15 is 0 Å². The number of aliphatic hydroxyl groups is 1. The topological polar surface area (TPSA) is 103 Å². The smallest absolute Gasteiger partial charge is 0.343 e. The van der Waals surface area contributed by atoms with Crippen molar-refractivity contribution in [3.63, 3.8) is 0 Å². The van der Waals surface area contributed by atoms with Crippen LogP contribution in [0.3, 0.4) is 0 Å². The first-order chi connectivity index (χ1) is 17.4. The number of esters is 1. The summed E-state index contributed by atoms with van der Waals surface area (Å²) >= 11 is 0. The van der Waals surface area contributed by atoms with Crippen LogP contribution in [-0.4, -0.2) is 34.0 Å². The molecule has 8 nitrogen and oxygen atoms in total. The minimum Gasteiger partial charge on any atom is -0.494 e. The molecule has 2 aromatic carbocycles. The molecule has 4 aromatic rings. The second-order valence-corrected chi connectivity index (χ2v) is 8.95. The fourth-order valence-corrected chi connectivity index (χ4v) is 5.01. The van der Waals surface area contributed by atoms with Crippen LogP contribution in [0.4, 0.5) is 5.69 Å². The fourth-order valence-electron chi connectivity index (χ4n) is 5.01. The molecule has 2 aliphatic rings. The van der Waals surface area contributed by atoms with Crippen LogP contribution in [0.25, 0.3) is 22.3 Å². The average Bonchev–Trinajstić information content (AvgIpc) is 3.26. The fraction of sp³-hybridized carbons (Fsp3) is 0.214. The van der Waals surface area contributed by atoms with Crippen molar-refractivity contribution in [3.05, 3.63) is 87.2 Å². The number of aliphatic imine (C=N–C) groups is 1. The third kappa shape index (κ3) is 3.18. The predicted octanol–water partition coefficient (Wildman–Crippen LogP) is 3.84. The van der Waals surface area contributed by atoms with Gasteiger partial charge >= 0.3 is 5.97 Å². The monoisotopic (exact) mass is 481 g/mol. The van der Waals surface area contributed by atoms with E-state index in [2.05, 4.69) is 4.99 Å². The van der Waals surface area contributed by atoms with Crippen molar-refractivity contribution >= 4 is 28.8 Å². The van der Waals surface area contributed by atoms with Crippen LogP contribution >= 0.6 is 0 Å². The lowest BCUT2D eigenvalue weighted by atomic mass is 9.86. The van der Waals surface area contributed by atoms with Crippen molar-refractivity contribution < 1.29 is 19.4 Å². The zero-order valence-corrected chi connectivity index (χ0v) is 19.8. The molecule has 0 amide bonds. The number of benzene rings is 2. The molecular formula is C28H23N3O5. The molecule has 2 aromatic heterocycles. The van der Waals surface area contributed by atoms with Gasteiger partial charge in [-0.05, 0) is 30.7 Å². The van der Waals surface area contributed by atoms with Crippen molar-refractivity contribution in [2.45, 2.75) is 32.1 Å². The molecule has 0 fully saturated rings. The van der Waals surface area contributed by atoms with Gasteiger partial charge in [0.05, 0.1) is 36.1 Å². The molecular weight excluding hydrogens is 458 g/mol. The normalized spacial score (nSPS) is 18.1. The number of carbonyl (C=O) groups excluding carboxylic acids is 1. The molecule has 6 rings (SSSR count). The molecule has 4 heterocycles. The zero-order chi connectivity index (χ0) is 25.0. The van der Waals surface area contributed by atoms with Crippen molar-refractivity contribution in [2.24, 2.45) is 4.99 Å². The highest BCUT2D eigenvalue weighted by molar-refractivity contribution is 5.99. The van der Waals surface area contributed by atoms with E-state index in [9.17, 15) is 14.7 Å². The third-order valence-corrected chi connectivity index (χ3v) is 7.00. The SMILES string of the molecule is CC[C@@]1(O)C(=O)OCc2c1cc1n(c2=O)Cc2cc3cccc(C=Nc4ccccc4OC)c3nc2-1. The van der Waals surface area contributed by atoms with E-state index in [1.165, 1.54) is 0 Å². The van der Waals surface area contributed by atoms with E-state index in [1.54, 1.807) is 30.9 Å². The number of aromatic nitrogens is 2. The number of carbonyl (C=O) groups is 1. The van der Waals surface area contributed by atoms with Gasteiger partial charge in [-0.2, -0.15) is 0 Å². The van der Waals surface area contributed by atoms with Gasteiger partial charge in [0.1, 0.15) is 18.0 Å². The molecule has 0 aliphatic carbocycles. The number of nitrogens with zero attached hydrogens (tertiary/aromatic N) is 3. The van der Waals surface area contributed by atoms with E-state index in [4.69, 9.17) is 14.5 Å². The minimum atomic E-state index is -1.85. The van der Waals surface area contributed by atoms with Gasteiger partial charge in [-0.25, -0.2) is 9.78 Å². The van der Waals surface area contributed by atoms with Crippen LogP contribution in [0.1, 0.15) is 35.6 Å². The summed E-state index contributed by atoms with van der Waals surface area (Å²) < 4.78 is 12.2. The first kappa shape index (κ1) is 22.2. The first-order valence-corrected chi connectivity index (χ1v) is 11.7. The lowest BCUT2D eigenvalue weighted by molar-refractivity contribution is -0.172. The highest BCUT2D eigenvalue weighted by atomic mass is 16.6. The lowest BCUT2D eigenvalue weighted by Gasteiger charge is -2.31. The molecule has 0 saturated carbocycles. The molecule has 0 radical (unpaired) electrons. The van der Waals surface area contributed by atoms with Crippen molar-refractivity contribution in [1.82, 2.24) is 9.55 Å². The Hall–Kier alpha value is -4.30. The molecule has 0 spiro atoms. The van der Waals surface area contributed by atoms with Gasteiger partial charge in [0.15, 0.2) is 5.60 Å². The Morgan fingerprint density at radius 1 is 1.19 bits per heavy atom. The molecule has 8 heteroatoms. The summed E-state index contributed by atoms with van der Waals surface area (Å²) in [6.45, 7) is 1.90. The van der Waals surface area contributed by atoms with Crippen LogP contribution in [0.2, 0.25) is 0 Å². The van der Waals surface area contributed by atoms with Crippen molar-refractivity contribution in [1.29, 1.82) is 0 Å². The van der Waals surface area contributed by atoms with Crippen molar-refractivity contribution in [2.75, 3.05) is 7.11 Å². The highest BCUT2D eigenvalue weighted by Gasteiger charge is 2.45. The maximum atomic E-state index is 13.4. The van der Waals surface area contributed by atoms with Gasteiger partial charge in [-0.1, -0.05) is 37.3 Å². The van der Waals surface area contributed by atoms with E-state index < -0.39 is 11.6 Å². The minimum absolute atomic E-state index is 0.100. The van der Waals surface area contributed by atoms with Gasteiger partial charge in [0.2, 0.25) is 0 Å². The summed E-state index contributed by atoms with van der Waals surface area (Å²) in [4.78, 5) is 35.3. The average molecular weight is 482 g/mol. The predicted molar refractivity (Wildman–Crippen MR) is 135 cm³/mol. The summed E-state index contributed by atoms with van der Waals surface area (Å²) in [6.07, 6.45) is 1.85. The Balaban J connectivity index is 1.51. The molecule has 0 saturated heterocycles. The van der Waals surface area contributed by atoms with Crippen LogP contribution in [0.15, 0.2) is 64.4 Å². The molecule has 2 aliphatic heterocycles. The van der Waals surface area contributed by atoms with Crippen molar-refractivity contribution in [3.8, 4) is 17.1 Å². The molecule has 1 N–H and O–H groups in total. The number of rotatable bonds is 4. The van der Waals surface area contributed by atoms with Crippen LogP contribution in [0, 0.1) is 0 Å². The molecule has 180 valence electrons. The Morgan fingerprint density at radius 2 is 2.03 bits per heavy atom. The summed E-state index contributed by atoms with van der Waals surface area (Å²) in [5.41, 5.74) is 2.86. The zero-order valence-electron chi connectivity index (χ0n) is 19.8. The highest BCUT2D eigenvalue weighted by Crippen LogP contribution is 2.39. The number of cyclic esters (lactones) is 1. The molecule has 0 bridgehead atoms. The number of hydrogen-bond acceptors (Lipinski definition) is 7. The van der Waals surface area contributed by atoms with Crippen LogP contribution in [0.5, 0.6) is 5.75 Å². The van der Waals surface area contributed by atoms with E-state index in [0.29, 0.717) is 40.5 Å². The van der Waals surface area contributed by atoms with E-state index in [-0.39, 0.29) is 18.6 Å². The second kappa shape index (κ2) is 8.13. The number of fused-ring (bicyclic) bond motifs is 5. The van der Waals surface area contributed by atoms with Gasteiger partial charge < -0.3 is 19.1 Å². The Morgan fingerprint density at radius 3 is 2.83 bits per heavy atom. The third-order valence-electron chi connectivity index (χ3n) is 7.00. The molecule has 1 atom stereocenters. The Labute approximate surface area is 206 Å². The van der Waals surface area contributed by atoms with Crippen LogP contribution < -0.4 is 10.3 Å². The number of methoxy groups -OCH3 is 1.